The van der Waals surface area contributed by atoms with Crippen molar-refractivity contribution in [3.63, 3.8) is 0 Å². The largest absolute Gasteiger partial charge is 0.393 e. The van der Waals surface area contributed by atoms with Gasteiger partial charge in [-0.1, -0.05) is 12.7 Å². The van der Waals surface area contributed by atoms with Gasteiger partial charge in [-0.05, 0) is 6.92 Å². The van der Waals surface area contributed by atoms with Crippen LogP contribution >= 0.6 is 0 Å². The van der Waals surface area contributed by atoms with Gasteiger partial charge in [0.2, 0.25) is 6.36 Å². The van der Waals surface area contributed by atoms with Crippen molar-refractivity contribution in [1.82, 2.24) is 9.55 Å². The molecule has 0 aliphatic carbocycles. The molecule has 0 fully saturated rings. The summed E-state index contributed by atoms with van der Waals surface area (Å²) in [6, 6.07) is 1.08. The van der Waals surface area contributed by atoms with Crippen LogP contribution in [-0.4, -0.2) is 38.3 Å². The summed E-state index contributed by atoms with van der Waals surface area (Å²) in [6.45, 7) is 3.80. The summed E-state index contributed by atoms with van der Waals surface area (Å²) in [6.07, 6.45) is -1.50. The summed E-state index contributed by atoms with van der Waals surface area (Å²) >= 11 is 0. The number of aliphatic hydroxyl groups is 2. The van der Waals surface area contributed by atoms with Gasteiger partial charge in [-0.2, -0.15) is 0 Å². The van der Waals surface area contributed by atoms with Gasteiger partial charge in [0.15, 0.2) is 5.60 Å². The summed E-state index contributed by atoms with van der Waals surface area (Å²) in [4.78, 5) is 24.4. The van der Waals surface area contributed by atoms with Crippen LogP contribution in [0.25, 0.3) is 0 Å². The number of hydrogen-bond acceptors (Lipinski definition) is 5. The normalized spacial score (nSPS) is 17.5. The molecule has 7 nitrogen and oxygen atoms in total. The fourth-order valence-corrected chi connectivity index (χ4v) is 1.47. The van der Waals surface area contributed by atoms with Crippen molar-refractivity contribution >= 4 is 0 Å². The summed E-state index contributed by atoms with van der Waals surface area (Å²) in [5.41, 5.74) is -3.39. The molecule has 3 atom stereocenters. The Kier molecular flexibility index (Phi) is 4.76. The Balaban J connectivity index is 3.07. The number of alkyl halides is 1. The van der Waals surface area contributed by atoms with Crippen molar-refractivity contribution in [3.05, 3.63) is 45.8 Å². The Morgan fingerprint density at radius 1 is 1.68 bits per heavy atom. The first kappa shape index (κ1) is 15.3. The van der Waals surface area contributed by atoms with E-state index in [0.29, 0.717) is 0 Å². The molecule has 0 amide bonds. The number of nitrogens with zero attached hydrogens (tertiary/aromatic N) is 1. The van der Waals surface area contributed by atoms with Crippen molar-refractivity contribution in [2.45, 2.75) is 25.1 Å². The molecule has 1 rings (SSSR count). The van der Waals surface area contributed by atoms with Gasteiger partial charge in [-0.15, -0.1) is 0 Å². The van der Waals surface area contributed by atoms with Crippen LogP contribution in [0, 0.1) is 0 Å². The zero-order valence-electron chi connectivity index (χ0n) is 10.2. The second-order valence-corrected chi connectivity index (χ2v) is 3.89. The zero-order valence-corrected chi connectivity index (χ0v) is 10.2. The third-order valence-corrected chi connectivity index (χ3v) is 2.63. The highest BCUT2D eigenvalue weighted by atomic mass is 19.1. The van der Waals surface area contributed by atoms with Crippen molar-refractivity contribution < 1.29 is 19.3 Å². The van der Waals surface area contributed by atoms with Crippen molar-refractivity contribution in [1.29, 1.82) is 0 Å². The van der Waals surface area contributed by atoms with Crippen molar-refractivity contribution in [2.75, 3.05) is 6.61 Å². The molecule has 0 unspecified atom stereocenters. The van der Waals surface area contributed by atoms with Crippen LogP contribution in [0.5, 0.6) is 0 Å². The second kappa shape index (κ2) is 5.91. The number of halogens is 1. The van der Waals surface area contributed by atoms with Crippen LogP contribution in [0.4, 0.5) is 4.39 Å². The summed E-state index contributed by atoms with van der Waals surface area (Å²) in [7, 11) is 0. The number of nitrogens with one attached hydrogen (secondary N) is 1. The summed E-state index contributed by atoms with van der Waals surface area (Å²) in [5, 5.41) is 18.1. The number of hydrogen-bond donors (Lipinski definition) is 3. The third-order valence-electron chi connectivity index (χ3n) is 2.63. The molecule has 0 saturated carbocycles. The summed E-state index contributed by atoms with van der Waals surface area (Å²) < 4.78 is 19.2. The van der Waals surface area contributed by atoms with Crippen molar-refractivity contribution in [3.8, 4) is 0 Å². The monoisotopic (exact) mass is 274 g/mol. The van der Waals surface area contributed by atoms with Gasteiger partial charge < -0.3 is 14.9 Å². The van der Waals surface area contributed by atoms with Crippen LogP contribution in [0.2, 0.25) is 0 Å². The highest BCUT2D eigenvalue weighted by molar-refractivity contribution is 5.00. The Bertz CT molecular complexity index is 553. The molecule has 106 valence electrons. The molecule has 1 aromatic heterocycles. The third kappa shape index (κ3) is 3.16. The molecule has 0 spiro atoms. The average molecular weight is 274 g/mol. The van der Waals surface area contributed by atoms with Crippen LogP contribution in [0.1, 0.15) is 13.2 Å². The smallest absolute Gasteiger partial charge is 0.330 e. The fourth-order valence-electron chi connectivity index (χ4n) is 1.47. The first-order chi connectivity index (χ1) is 8.86. The highest BCUT2D eigenvalue weighted by Gasteiger charge is 2.38. The van der Waals surface area contributed by atoms with Crippen LogP contribution in [0.15, 0.2) is 34.5 Å². The lowest BCUT2D eigenvalue weighted by Gasteiger charge is -2.32. The number of aromatic nitrogens is 2. The van der Waals surface area contributed by atoms with E-state index in [1.54, 1.807) is 0 Å². The van der Waals surface area contributed by atoms with Gasteiger partial charge >= 0.3 is 5.69 Å². The molecule has 0 radical (unpaired) electrons. The quantitative estimate of drug-likeness (QED) is 0.594. The molecular weight excluding hydrogens is 259 g/mol. The van der Waals surface area contributed by atoms with Crippen LogP contribution < -0.4 is 11.2 Å². The molecule has 0 saturated heterocycles. The first-order valence-electron chi connectivity index (χ1n) is 5.42. The lowest BCUT2D eigenvalue weighted by molar-refractivity contribution is -0.201. The van der Waals surface area contributed by atoms with Gasteiger partial charge in [0.05, 0.1) is 6.61 Å². The molecule has 19 heavy (non-hydrogen) atoms. The maximum Gasteiger partial charge on any atom is 0.330 e. The lowest BCUT2D eigenvalue weighted by atomic mass is 10.1. The molecule has 8 heteroatoms. The maximum atomic E-state index is 13.1. The van der Waals surface area contributed by atoms with Crippen LogP contribution in [0.3, 0.4) is 0 Å². The lowest BCUT2D eigenvalue weighted by Crippen LogP contribution is -2.46. The number of ether oxygens (including phenoxy) is 1. The number of rotatable bonds is 6. The van der Waals surface area contributed by atoms with Gasteiger partial charge in [-0.25, -0.2) is 9.18 Å². The Morgan fingerprint density at radius 2 is 2.32 bits per heavy atom. The molecular formula is C11H15FN2O5. The predicted octanol–water partition coefficient (Wildman–Crippen LogP) is -0.723. The predicted molar refractivity (Wildman–Crippen MR) is 64.2 cm³/mol. The minimum absolute atomic E-state index is 0.587. The van der Waals surface area contributed by atoms with E-state index in [4.69, 9.17) is 14.9 Å². The van der Waals surface area contributed by atoms with E-state index in [0.717, 1.165) is 22.9 Å². The molecule has 1 heterocycles. The molecule has 1 aromatic rings. The van der Waals surface area contributed by atoms with Gasteiger partial charge in [0, 0.05) is 12.3 Å². The standard InChI is InChI=1S/C11H15FN2O5/c1-3-11(6-15,9(12)17)19-7(2)14-5-4-8(16)13-10(14)18/h3-5,7,9,15,17H,1,6H2,2H3,(H,13,16,18)/t7-,9-,11-/m1/s1. The van der Waals surface area contributed by atoms with Crippen molar-refractivity contribution in [2.24, 2.45) is 0 Å². The van der Waals surface area contributed by atoms with Gasteiger partial charge in [0.25, 0.3) is 5.56 Å². The number of aliphatic hydroxyl groups excluding tert-OH is 2. The Labute approximate surface area is 107 Å². The molecule has 0 aromatic carbocycles. The SMILES string of the molecule is C=C[C@](CO)(O[C@H](C)n1ccc(=O)[nH]c1=O)[C@@H](O)F. The van der Waals surface area contributed by atoms with Crippen LogP contribution in [-0.2, 0) is 4.74 Å². The molecule has 0 bridgehead atoms. The fraction of sp³-hybridized carbons (Fsp3) is 0.455. The number of H-pyrrole nitrogens is 1. The van der Waals surface area contributed by atoms with E-state index in [9.17, 15) is 14.0 Å². The Hall–Kier alpha value is -1.77. The Morgan fingerprint density at radius 3 is 2.74 bits per heavy atom. The molecule has 3 N–H and O–H groups in total. The topological polar surface area (TPSA) is 105 Å². The average Bonchev–Trinajstić information content (AvgIpc) is 2.35. The number of aromatic amines is 1. The molecule has 0 aliphatic rings. The minimum Gasteiger partial charge on any atom is -0.393 e. The molecule has 0 aliphatic heterocycles. The minimum atomic E-state index is -2.52. The van der Waals surface area contributed by atoms with E-state index in [2.05, 4.69) is 6.58 Å². The first-order valence-corrected chi connectivity index (χ1v) is 5.42. The van der Waals surface area contributed by atoms with E-state index in [1.165, 1.54) is 6.92 Å². The zero-order chi connectivity index (χ0) is 14.6. The maximum absolute atomic E-state index is 13.1. The van der Waals surface area contributed by atoms with Gasteiger partial charge in [0.1, 0.15) is 6.23 Å². The summed E-state index contributed by atoms with van der Waals surface area (Å²) in [5.74, 6) is 0. The van der Waals surface area contributed by atoms with E-state index in [1.807, 2.05) is 4.98 Å². The van der Waals surface area contributed by atoms with Gasteiger partial charge in [-0.3, -0.25) is 14.3 Å². The highest BCUT2D eigenvalue weighted by Crippen LogP contribution is 2.24. The second-order valence-electron chi connectivity index (χ2n) is 3.89. The van der Waals surface area contributed by atoms with E-state index in [-0.39, 0.29) is 0 Å². The van der Waals surface area contributed by atoms with E-state index >= 15 is 0 Å². The van der Waals surface area contributed by atoms with E-state index < -0.39 is 36.0 Å².